The molecule has 0 spiro atoms. The highest BCUT2D eigenvalue weighted by Crippen LogP contribution is 2.31. The van der Waals surface area contributed by atoms with Gasteiger partial charge in [-0.05, 0) is 43.8 Å². The first kappa shape index (κ1) is 19.7. The third-order valence-electron chi connectivity index (χ3n) is 5.46. The van der Waals surface area contributed by atoms with Crippen LogP contribution in [0.5, 0.6) is 0 Å². The third kappa shape index (κ3) is 4.21. The molecule has 1 aliphatic rings. The molecule has 4 rings (SSSR count). The minimum atomic E-state index is -0.151. The molecule has 0 atom stereocenters. The van der Waals surface area contributed by atoms with Gasteiger partial charge >= 0.3 is 0 Å². The van der Waals surface area contributed by atoms with E-state index in [9.17, 15) is 4.79 Å². The second kappa shape index (κ2) is 8.39. The number of likely N-dealkylation sites (N-methyl/N-ethyl adjacent to an activating group) is 1. The monoisotopic (exact) mass is 408 g/mol. The van der Waals surface area contributed by atoms with E-state index in [0.717, 1.165) is 60.7 Å². The fraction of sp³-hybridized carbons (Fsp3) is 0.304. The number of nitrogens with one attached hydrogen (secondary N) is 1. The lowest BCUT2D eigenvalue weighted by atomic mass is 10.1. The Morgan fingerprint density at radius 1 is 1.10 bits per heavy atom. The van der Waals surface area contributed by atoms with Gasteiger partial charge in [-0.3, -0.25) is 9.78 Å². The van der Waals surface area contributed by atoms with Crippen LogP contribution in [0.1, 0.15) is 23.0 Å². The first-order valence-electron chi connectivity index (χ1n) is 9.99. The quantitative estimate of drug-likeness (QED) is 0.685. The van der Waals surface area contributed by atoms with E-state index in [1.54, 1.807) is 0 Å². The summed E-state index contributed by atoms with van der Waals surface area (Å²) in [5.41, 5.74) is 4.00. The molecule has 5 nitrogen and oxygen atoms in total. The number of nitrogens with zero attached hydrogens (tertiary/aromatic N) is 3. The van der Waals surface area contributed by atoms with Crippen LogP contribution >= 0.6 is 11.6 Å². The highest BCUT2D eigenvalue weighted by atomic mass is 35.5. The van der Waals surface area contributed by atoms with Crippen molar-refractivity contribution in [3.8, 4) is 0 Å². The van der Waals surface area contributed by atoms with Crippen molar-refractivity contribution in [2.45, 2.75) is 13.8 Å². The lowest BCUT2D eigenvalue weighted by Gasteiger charge is -2.36. The van der Waals surface area contributed by atoms with Gasteiger partial charge in [-0.15, -0.1) is 0 Å². The van der Waals surface area contributed by atoms with Gasteiger partial charge in [0.05, 0.1) is 22.5 Å². The summed E-state index contributed by atoms with van der Waals surface area (Å²) in [6.07, 6.45) is 0. The SMILES string of the molecule is CCN1CCN(c2ccc(Cl)cc2NC(=O)c2cc(C)nc3ccccc23)CC1. The van der Waals surface area contributed by atoms with Crippen LogP contribution in [0.3, 0.4) is 0 Å². The normalized spacial score (nSPS) is 14.9. The summed E-state index contributed by atoms with van der Waals surface area (Å²) in [4.78, 5) is 22.5. The van der Waals surface area contributed by atoms with E-state index in [-0.39, 0.29) is 5.91 Å². The molecule has 0 unspecified atom stereocenters. The van der Waals surface area contributed by atoms with E-state index >= 15 is 0 Å². The fourth-order valence-electron chi connectivity index (χ4n) is 3.87. The first-order chi connectivity index (χ1) is 14.0. The number of halogens is 1. The molecule has 1 aromatic heterocycles. The number of para-hydroxylation sites is 1. The molecule has 2 heterocycles. The number of carbonyl (C=O) groups excluding carboxylic acids is 1. The third-order valence-corrected chi connectivity index (χ3v) is 5.69. The van der Waals surface area contributed by atoms with Crippen molar-refractivity contribution in [2.75, 3.05) is 42.9 Å². The number of pyridine rings is 1. The van der Waals surface area contributed by atoms with Crippen molar-refractivity contribution in [1.82, 2.24) is 9.88 Å². The first-order valence-corrected chi connectivity index (χ1v) is 10.4. The summed E-state index contributed by atoms with van der Waals surface area (Å²) < 4.78 is 0. The summed E-state index contributed by atoms with van der Waals surface area (Å²) >= 11 is 6.26. The maximum absolute atomic E-state index is 13.2. The molecule has 3 aromatic rings. The molecule has 1 amide bonds. The van der Waals surface area contributed by atoms with Gasteiger partial charge in [0.25, 0.3) is 5.91 Å². The number of fused-ring (bicyclic) bond motifs is 1. The molecular formula is C23H25ClN4O. The van der Waals surface area contributed by atoms with Crippen LogP contribution in [0.15, 0.2) is 48.5 Å². The Morgan fingerprint density at radius 3 is 2.62 bits per heavy atom. The molecule has 1 saturated heterocycles. The van der Waals surface area contributed by atoms with Crippen molar-refractivity contribution >= 4 is 39.8 Å². The van der Waals surface area contributed by atoms with Crippen molar-refractivity contribution in [3.05, 3.63) is 64.8 Å². The minimum Gasteiger partial charge on any atom is -0.367 e. The summed E-state index contributed by atoms with van der Waals surface area (Å²) in [5.74, 6) is -0.151. The van der Waals surface area contributed by atoms with Gasteiger partial charge in [-0.2, -0.15) is 0 Å². The molecular weight excluding hydrogens is 384 g/mol. The molecule has 6 heteroatoms. The van der Waals surface area contributed by atoms with Gasteiger partial charge in [0.2, 0.25) is 0 Å². The van der Waals surface area contributed by atoms with Crippen molar-refractivity contribution in [3.63, 3.8) is 0 Å². The molecule has 0 aliphatic carbocycles. The summed E-state index contributed by atoms with van der Waals surface area (Å²) in [5, 5.41) is 4.55. The summed E-state index contributed by atoms with van der Waals surface area (Å²) in [6, 6.07) is 15.3. The molecule has 1 fully saturated rings. The molecule has 0 radical (unpaired) electrons. The number of aromatic nitrogens is 1. The number of hydrogen-bond donors (Lipinski definition) is 1. The van der Waals surface area contributed by atoms with E-state index < -0.39 is 0 Å². The molecule has 29 heavy (non-hydrogen) atoms. The Bertz CT molecular complexity index is 1040. The highest BCUT2D eigenvalue weighted by molar-refractivity contribution is 6.31. The van der Waals surface area contributed by atoms with Crippen LogP contribution in [0.4, 0.5) is 11.4 Å². The van der Waals surface area contributed by atoms with E-state index in [1.807, 2.05) is 55.5 Å². The topological polar surface area (TPSA) is 48.5 Å². The number of aryl methyl sites for hydroxylation is 1. The zero-order chi connectivity index (χ0) is 20.4. The molecule has 2 aromatic carbocycles. The van der Waals surface area contributed by atoms with E-state index in [4.69, 9.17) is 11.6 Å². The Hall–Kier alpha value is -2.63. The number of carbonyl (C=O) groups is 1. The Labute approximate surface area is 176 Å². The molecule has 1 N–H and O–H groups in total. The van der Waals surface area contributed by atoms with Gasteiger partial charge in [0.1, 0.15) is 0 Å². The predicted octanol–water partition coefficient (Wildman–Crippen LogP) is 4.59. The van der Waals surface area contributed by atoms with Crippen LogP contribution < -0.4 is 10.2 Å². The maximum atomic E-state index is 13.2. The largest absolute Gasteiger partial charge is 0.367 e. The highest BCUT2D eigenvalue weighted by Gasteiger charge is 2.20. The molecule has 150 valence electrons. The second-order valence-electron chi connectivity index (χ2n) is 7.37. The van der Waals surface area contributed by atoms with Gasteiger partial charge in [-0.25, -0.2) is 0 Å². The Balaban J connectivity index is 1.65. The van der Waals surface area contributed by atoms with E-state index in [1.165, 1.54) is 0 Å². The lowest BCUT2D eigenvalue weighted by Crippen LogP contribution is -2.46. The number of benzene rings is 2. The zero-order valence-corrected chi connectivity index (χ0v) is 17.5. The second-order valence-corrected chi connectivity index (χ2v) is 7.80. The Kier molecular flexibility index (Phi) is 5.69. The zero-order valence-electron chi connectivity index (χ0n) is 16.8. The molecule has 0 saturated carbocycles. The van der Waals surface area contributed by atoms with Crippen molar-refractivity contribution in [1.29, 1.82) is 0 Å². The summed E-state index contributed by atoms with van der Waals surface area (Å²) in [6.45, 7) is 9.03. The van der Waals surface area contributed by atoms with Crippen LogP contribution in [0.2, 0.25) is 5.02 Å². The number of rotatable bonds is 4. The van der Waals surface area contributed by atoms with Gasteiger partial charge in [0.15, 0.2) is 0 Å². The van der Waals surface area contributed by atoms with Gasteiger partial charge in [-0.1, -0.05) is 36.7 Å². The average molecular weight is 409 g/mol. The van der Waals surface area contributed by atoms with E-state index in [2.05, 4.69) is 27.0 Å². The van der Waals surface area contributed by atoms with Crippen LogP contribution in [0, 0.1) is 6.92 Å². The number of hydrogen-bond acceptors (Lipinski definition) is 4. The molecule has 0 bridgehead atoms. The smallest absolute Gasteiger partial charge is 0.256 e. The van der Waals surface area contributed by atoms with E-state index in [0.29, 0.717) is 10.6 Å². The maximum Gasteiger partial charge on any atom is 0.256 e. The predicted molar refractivity (Wildman–Crippen MR) is 120 cm³/mol. The fourth-order valence-corrected chi connectivity index (χ4v) is 4.05. The van der Waals surface area contributed by atoms with Crippen LogP contribution in [-0.4, -0.2) is 48.5 Å². The number of piperazine rings is 1. The van der Waals surface area contributed by atoms with Gasteiger partial charge < -0.3 is 15.1 Å². The average Bonchev–Trinajstić information content (AvgIpc) is 2.73. The van der Waals surface area contributed by atoms with Crippen molar-refractivity contribution in [2.24, 2.45) is 0 Å². The van der Waals surface area contributed by atoms with Crippen LogP contribution in [-0.2, 0) is 0 Å². The van der Waals surface area contributed by atoms with Crippen molar-refractivity contribution < 1.29 is 4.79 Å². The van der Waals surface area contributed by atoms with Gasteiger partial charge in [0, 0.05) is 42.3 Å². The van der Waals surface area contributed by atoms with Crippen LogP contribution in [0.25, 0.3) is 10.9 Å². The minimum absolute atomic E-state index is 0.151. The lowest BCUT2D eigenvalue weighted by molar-refractivity contribution is 0.102. The Morgan fingerprint density at radius 2 is 1.86 bits per heavy atom. The summed E-state index contributed by atoms with van der Waals surface area (Å²) in [7, 11) is 0. The number of amides is 1. The molecule has 1 aliphatic heterocycles. The standard InChI is InChI=1S/C23H25ClN4O/c1-3-27-10-12-28(13-11-27)22-9-8-17(24)15-21(22)26-23(29)19-14-16(2)25-20-7-5-4-6-18(19)20/h4-9,14-15H,3,10-13H2,1-2H3,(H,26,29). The number of anilines is 2.